The molecule has 3 aromatic carbocycles. The Labute approximate surface area is 163 Å². The maximum atomic E-state index is 13.1. The number of nitrogens with zero attached hydrogens (tertiary/aromatic N) is 1. The van der Waals surface area contributed by atoms with Crippen molar-refractivity contribution in [1.82, 2.24) is 10.7 Å². The van der Waals surface area contributed by atoms with Gasteiger partial charge < -0.3 is 10.1 Å². The summed E-state index contributed by atoms with van der Waals surface area (Å²) in [7, 11) is 0. The fraction of sp³-hybridized carbons (Fsp3) is 0.143. The van der Waals surface area contributed by atoms with E-state index < -0.39 is 0 Å². The monoisotopic (exact) mass is 381 g/mol. The van der Waals surface area contributed by atoms with Gasteiger partial charge in [0.25, 0.3) is 0 Å². The van der Waals surface area contributed by atoms with Crippen LogP contribution in [0.1, 0.15) is 18.1 Å². The first-order chi connectivity index (χ1) is 13.2. The Kier molecular flexibility index (Phi) is 6.33. The molecule has 0 saturated heterocycles. The largest absolute Gasteiger partial charge is 0.488 e. The molecule has 0 bridgehead atoms. The van der Waals surface area contributed by atoms with Gasteiger partial charge in [0.2, 0.25) is 0 Å². The van der Waals surface area contributed by atoms with Crippen molar-refractivity contribution >= 4 is 34.3 Å². The van der Waals surface area contributed by atoms with E-state index in [9.17, 15) is 4.39 Å². The molecular formula is C21H20FN3OS. The Morgan fingerprint density at radius 1 is 1.11 bits per heavy atom. The van der Waals surface area contributed by atoms with Gasteiger partial charge in [-0.25, -0.2) is 4.39 Å². The Hall–Kier alpha value is -2.99. The molecule has 0 aliphatic heterocycles. The fourth-order valence-electron chi connectivity index (χ4n) is 2.63. The van der Waals surface area contributed by atoms with Crippen molar-refractivity contribution in [3.8, 4) is 5.75 Å². The van der Waals surface area contributed by atoms with Gasteiger partial charge in [-0.3, -0.25) is 5.43 Å². The summed E-state index contributed by atoms with van der Waals surface area (Å²) in [4.78, 5) is 0. The third-order valence-electron chi connectivity index (χ3n) is 3.94. The highest BCUT2D eigenvalue weighted by molar-refractivity contribution is 7.80. The lowest BCUT2D eigenvalue weighted by atomic mass is 10.0. The summed E-state index contributed by atoms with van der Waals surface area (Å²) in [5.74, 6) is 0.429. The minimum absolute atomic E-state index is 0.264. The first-order valence-electron chi connectivity index (χ1n) is 8.63. The molecule has 0 atom stereocenters. The standard InChI is InChI=1S/C21H20FN3OS/c1-2-23-21(27)25-24-13-19-18-6-4-3-5-16(18)9-12-20(19)26-14-15-7-10-17(22)11-8-15/h3-13H,2,14H2,1H3,(H2,23,25,27)/b24-13-. The Bertz CT molecular complexity index is 957. The number of thiocarbonyl (C=S) groups is 1. The second-order valence-corrected chi connectivity index (χ2v) is 6.25. The van der Waals surface area contributed by atoms with E-state index in [4.69, 9.17) is 17.0 Å². The summed E-state index contributed by atoms with van der Waals surface area (Å²) in [6, 6.07) is 18.2. The van der Waals surface area contributed by atoms with Crippen LogP contribution >= 0.6 is 12.2 Å². The zero-order valence-electron chi connectivity index (χ0n) is 14.9. The van der Waals surface area contributed by atoms with Crippen LogP contribution in [0.15, 0.2) is 65.8 Å². The summed E-state index contributed by atoms with van der Waals surface area (Å²) in [5.41, 5.74) is 4.53. The van der Waals surface area contributed by atoms with Crippen molar-refractivity contribution in [2.24, 2.45) is 5.10 Å². The van der Waals surface area contributed by atoms with Gasteiger partial charge in [0.15, 0.2) is 5.11 Å². The highest BCUT2D eigenvalue weighted by atomic mass is 32.1. The molecule has 0 heterocycles. The van der Waals surface area contributed by atoms with Crippen molar-refractivity contribution < 1.29 is 9.13 Å². The van der Waals surface area contributed by atoms with E-state index in [0.29, 0.717) is 17.5 Å². The molecule has 0 aromatic heterocycles. The van der Waals surface area contributed by atoms with E-state index in [2.05, 4.69) is 15.8 Å². The maximum absolute atomic E-state index is 13.1. The van der Waals surface area contributed by atoms with Gasteiger partial charge in [0.1, 0.15) is 18.2 Å². The third-order valence-corrected chi connectivity index (χ3v) is 4.17. The lowest BCUT2D eigenvalue weighted by Gasteiger charge is -2.12. The molecule has 3 aromatic rings. The van der Waals surface area contributed by atoms with Gasteiger partial charge in [-0.2, -0.15) is 5.10 Å². The van der Waals surface area contributed by atoms with Gasteiger partial charge >= 0.3 is 0 Å². The molecule has 0 amide bonds. The summed E-state index contributed by atoms with van der Waals surface area (Å²) >= 11 is 5.13. The maximum Gasteiger partial charge on any atom is 0.186 e. The molecule has 3 rings (SSSR count). The number of hydrogen-bond acceptors (Lipinski definition) is 3. The van der Waals surface area contributed by atoms with Crippen LogP contribution in [0.4, 0.5) is 4.39 Å². The number of hydrazone groups is 1. The van der Waals surface area contributed by atoms with Gasteiger partial charge in [-0.1, -0.05) is 42.5 Å². The van der Waals surface area contributed by atoms with Crippen LogP contribution < -0.4 is 15.5 Å². The molecule has 0 unspecified atom stereocenters. The summed E-state index contributed by atoms with van der Waals surface area (Å²) in [6.45, 7) is 3.02. The number of rotatable bonds is 6. The van der Waals surface area contributed by atoms with Gasteiger partial charge in [0.05, 0.1) is 6.21 Å². The van der Waals surface area contributed by atoms with E-state index in [1.807, 2.05) is 43.3 Å². The number of halogens is 1. The highest BCUT2D eigenvalue weighted by Gasteiger charge is 2.08. The molecule has 0 aliphatic rings. The average Bonchev–Trinajstić information content (AvgIpc) is 2.68. The normalized spacial score (nSPS) is 10.9. The lowest BCUT2D eigenvalue weighted by Crippen LogP contribution is -2.31. The van der Waals surface area contributed by atoms with E-state index in [-0.39, 0.29) is 5.82 Å². The van der Waals surface area contributed by atoms with Gasteiger partial charge in [0, 0.05) is 12.1 Å². The van der Waals surface area contributed by atoms with Gasteiger partial charge in [-0.15, -0.1) is 0 Å². The molecule has 0 saturated carbocycles. The van der Waals surface area contributed by atoms with Crippen molar-refractivity contribution in [3.63, 3.8) is 0 Å². The summed E-state index contributed by atoms with van der Waals surface area (Å²) in [6.07, 6.45) is 1.70. The van der Waals surface area contributed by atoms with E-state index in [0.717, 1.165) is 28.4 Å². The van der Waals surface area contributed by atoms with Crippen LogP contribution in [0.2, 0.25) is 0 Å². The number of benzene rings is 3. The van der Waals surface area contributed by atoms with Crippen molar-refractivity contribution in [3.05, 3.63) is 77.6 Å². The minimum Gasteiger partial charge on any atom is -0.488 e. The lowest BCUT2D eigenvalue weighted by molar-refractivity contribution is 0.306. The molecule has 0 spiro atoms. The third kappa shape index (κ3) is 5.01. The quantitative estimate of drug-likeness (QED) is 0.378. The second kappa shape index (κ2) is 9.09. The van der Waals surface area contributed by atoms with Crippen LogP contribution in [-0.2, 0) is 6.61 Å². The molecule has 0 fully saturated rings. The predicted molar refractivity (Wildman–Crippen MR) is 112 cm³/mol. The van der Waals surface area contributed by atoms with E-state index >= 15 is 0 Å². The van der Waals surface area contributed by atoms with Gasteiger partial charge in [-0.05, 0) is 53.7 Å². The Balaban J connectivity index is 1.85. The highest BCUT2D eigenvalue weighted by Crippen LogP contribution is 2.27. The molecule has 2 N–H and O–H groups in total. The summed E-state index contributed by atoms with van der Waals surface area (Å²) < 4.78 is 19.1. The minimum atomic E-state index is -0.264. The summed E-state index contributed by atoms with van der Waals surface area (Å²) in [5, 5.41) is 9.78. The average molecular weight is 381 g/mol. The van der Waals surface area contributed by atoms with Crippen LogP contribution in [-0.4, -0.2) is 17.9 Å². The zero-order chi connectivity index (χ0) is 19.1. The first kappa shape index (κ1) is 18.8. The molecule has 4 nitrogen and oxygen atoms in total. The van der Waals surface area contributed by atoms with Crippen LogP contribution in [0.5, 0.6) is 5.75 Å². The van der Waals surface area contributed by atoms with Crippen molar-refractivity contribution in [2.75, 3.05) is 6.54 Å². The SMILES string of the molecule is CCNC(=S)N/N=C\c1c(OCc2ccc(F)cc2)ccc2ccccc12. The molecule has 27 heavy (non-hydrogen) atoms. The molecule has 0 radical (unpaired) electrons. The fourth-order valence-corrected chi connectivity index (χ4v) is 2.83. The smallest absolute Gasteiger partial charge is 0.186 e. The van der Waals surface area contributed by atoms with E-state index in [1.54, 1.807) is 18.3 Å². The van der Waals surface area contributed by atoms with Crippen LogP contribution in [0.25, 0.3) is 10.8 Å². The molecule has 138 valence electrons. The Morgan fingerprint density at radius 3 is 2.67 bits per heavy atom. The number of ether oxygens (including phenoxy) is 1. The topological polar surface area (TPSA) is 45.7 Å². The zero-order valence-corrected chi connectivity index (χ0v) is 15.7. The van der Waals surface area contributed by atoms with Crippen molar-refractivity contribution in [2.45, 2.75) is 13.5 Å². The van der Waals surface area contributed by atoms with E-state index in [1.165, 1.54) is 12.1 Å². The van der Waals surface area contributed by atoms with Crippen LogP contribution in [0.3, 0.4) is 0 Å². The molecule has 6 heteroatoms. The Morgan fingerprint density at radius 2 is 1.89 bits per heavy atom. The van der Waals surface area contributed by atoms with Crippen LogP contribution in [0, 0.1) is 5.82 Å². The molecular weight excluding hydrogens is 361 g/mol. The predicted octanol–water partition coefficient (Wildman–Crippen LogP) is 4.38. The second-order valence-electron chi connectivity index (χ2n) is 5.84. The van der Waals surface area contributed by atoms with Crippen molar-refractivity contribution in [1.29, 1.82) is 0 Å². The number of hydrogen-bond donors (Lipinski definition) is 2. The number of nitrogens with one attached hydrogen (secondary N) is 2. The number of fused-ring (bicyclic) bond motifs is 1. The molecule has 0 aliphatic carbocycles. The first-order valence-corrected chi connectivity index (χ1v) is 9.04.